The van der Waals surface area contributed by atoms with Crippen LogP contribution in [0.2, 0.25) is 0 Å². The molecular weight excluding hydrogens is 364 g/mol. The van der Waals surface area contributed by atoms with Gasteiger partial charge in [0.2, 0.25) is 0 Å². The van der Waals surface area contributed by atoms with E-state index in [-0.39, 0.29) is 6.03 Å². The molecule has 118 valence electrons. The molecule has 0 spiro atoms. The molecule has 0 aliphatic rings. The molecule has 0 saturated carbocycles. The molecule has 0 bridgehead atoms. The van der Waals surface area contributed by atoms with Gasteiger partial charge in [0, 0.05) is 28.4 Å². The van der Waals surface area contributed by atoms with Crippen molar-refractivity contribution >= 4 is 38.4 Å². The van der Waals surface area contributed by atoms with E-state index < -0.39 is 5.54 Å². The number of nitrogens with zero attached hydrogens (tertiary/aromatic N) is 1. The van der Waals surface area contributed by atoms with Crippen LogP contribution in [0.3, 0.4) is 0 Å². The zero-order valence-electron chi connectivity index (χ0n) is 12.5. The van der Waals surface area contributed by atoms with E-state index in [0.717, 1.165) is 22.2 Å². The number of nitrogens with one attached hydrogen (secondary N) is 2. The van der Waals surface area contributed by atoms with Crippen LogP contribution in [-0.4, -0.2) is 23.1 Å². The van der Waals surface area contributed by atoms with Crippen molar-refractivity contribution in [1.82, 2.24) is 10.3 Å². The molecule has 1 heterocycles. The second-order valence-corrected chi connectivity index (χ2v) is 7.42. The van der Waals surface area contributed by atoms with E-state index in [0.29, 0.717) is 11.7 Å². The van der Waals surface area contributed by atoms with Gasteiger partial charge < -0.3 is 11.1 Å². The molecule has 0 unspecified atom stereocenters. The van der Waals surface area contributed by atoms with Gasteiger partial charge in [0.25, 0.3) is 0 Å². The normalized spacial score (nSPS) is 11.3. The maximum atomic E-state index is 11.8. The Morgan fingerprint density at radius 2 is 2.14 bits per heavy atom. The Morgan fingerprint density at radius 1 is 1.41 bits per heavy atom. The fraction of sp³-hybridized carbons (Fsp3) is 0.333. The Bertz CT molecular complexity index is 651. The number of carbonyl (C=O) groups is 1. The average molecular weight is 383 g/mol. The van der Waals surface area contributed by atoms with Gasteiger partial charge >= 0.3 is 6.03 Å². The third-order valence-corrected chi connectivity index (χ3v) is 4.39. The van der Waals surface area contributed by atoms with Crippen LogP contribution >= 0.6 is 27.3 Å². The fourth-order valence-electron chi connectivity index (χ4n) is 1.73. The number of nitrogens with two attached hydrogens (primary N) is 1. The Morgan fingerprint density at radius 3 is 2.82 bits per heavy atom. The summed E-state index contributed by atoms with van der Waals surface area (Å²) in [4.78, 5) is 16.2. The summed E-state index contributed by atoms with van der Waals surface area (Å²) in [6.45, 7) is 4.10. The van der Waals surface area contributed by atoms with Crippen molar-refractivity contribution in [2.24, 2.45) is 5.73 Å². The number of rotatable bonds is 5. The lowest BCUT2D eigenvalue weighted by molar-refractivity contribution is 0.249. The molecule has 22 heavy (non-hydrogen) atoms. The van der Waals surface area contributed by atoms with Gasteiger partial charge in [0.1, 0.15) is 0 Å². The van der Waals surface area contributed by atoms with Crippen molar-refractivity contribution in [3.8, 4) is 0 Å². The first-order valence-corrected chi connectivity index (χ1v) is 8.52. The molecule has 2 amide bonds. The van der Waals surface area contributed by atoms with Gasteiger partial charge in [0.05, 0.1) is 5.69 Å². The molecule has 0 atom stereocenters. The van der Waals surface area contributed by atoms with Gasteiger partial charge in [-0.05, 0) is 25.5 Å². The van der Waals surface area contributed by atoms with Crippen molar-refractivity contribution < 1.29 is 4.79 Å². The molecule has 0 aliphatic carbocycles. The molecular formula is C15H19BrN4OS. The molecule has 0 saturated heterocycles. The monoisotopic (exact) mass is 382 g/mol. The van der Waals surface area contributed by atoms with Gasteiger partial charge in [-0.3, -0.25) is 5.32 Å². The van der Waals surface area contributed by atoms with Crippen LogP contribution in [0.5, 0.6) is 0 Å². The highest BCUT2D eigenvalue weighted by molar-refractivity contribution is 9.10. The first kappa shape index (κ1) is 16.9. The second-order valence-electron chi connectivity index (χ2n) is 5.71. The number of amides is 2. The van der Waals surface area contributed by atoms with E-state index in [1.807, 2.05) is 43.5 Å². The largest absolute Gasteiger partial charge is 0.336 e. The number of anilines is 1. The highest BCUT2D eigenvalue weighted by atomic mass is 79.9. The number of halogens is 1. The Kier molecular flexibility index (Phi) is 5.55. The van der Waals surface area contributed by atoms with Crippen molar-refractivity contribution in [1.29, 1.82) is 0 Å². The van der Waals surface area contributed by atoms with E-state index in [2.05, 4.69) is 31.5 Å². The summed E-state index contributed by atoms with van der Waals surface area (Å²) in [6.07, 6.45) is 0.719. The molecule has 0 radical (unpaired) electrons. The van der Waals surface area contributed by atoms with Crippen LogP contribution < -0.4 is 16.4 Å². The predicted molar refractivity (Wildman–Crippen MR) is 94.3 cm³/mol. The quantitative estimate of drug-likeness (QED) is 0.741. The molecule has 0 aliphatic heterocycles. The SMILES string of the molecule is CC(C)(N)CNC(=O)Nc1nc(Cc2ccccc2Br)cs1. The number of carbonyl (C=O) groups excluding carboxylic acids is 1. The summed E-state index contributed by atoms with van der Waals surface area (Å²) in [5.41, 5.74) is 7.47. The standard InChI is InChI=1S/C15H19BrN4OS/c1-15(2,17)9-18-13(21)20-14-19-11(8-22-14)7-10-5-3-4-6-12(10)16/h3-6,8H,7,9,17H2,1-2H3,(H2,18,19,20,21). The number of hydrogen-bond acceptors (Lipinski definition) is 4. The van der Waals surface area contributed by atoms with Crippen LogP contribution in [0, 0.1) is 0 Å². The average Bonchev–Trinajstić information content (AvgIpc) is 2.86. The Labute approximate surface area is 142 Å². The Hall–Kier alpha value is -1.44. The minimum atomic E-state index is -0.440. The topological polar surface area (TPSA) is 80.0 Å². The van der Waals surface area contributed by atoms with Crippen LogP contribution in [0.25, 0.3) is 0 Å². The second kappa shape index (κ2) is 7.21. The van der Waals surface area contributed by atoms with E-state index >= 15 is 0 Å². The molecule has 7 heteroatoms. The molecule has 5 nitrogen and oxygen atoms in total. The first-order chi connectivity index (χ1) is 10.3. The number of benzene rings is 1. The predicted octanol–water partition coefficient (Wildman–Crippen LogP) is 3.36. The number of hydrogen-bond donors (Lipinski definition) is 3. The summed E-state index contributed by atoms with van der Waals surface area (Å²) in [6, 6.07) is 7.73. The van der Waals surface area contributed by atoms with Gasteiger partial charge in [-0.15, -0.1) is 11.3 Å². The number of aromatic nitrogens is 1. The fourth-order valence-corrected chi connectivity index (χ4v) is 2.86. The molecule has 4 N–H and O–H groups in total. The third-order valence-electron chi connectivity index (χ3n) is 2.81. The highest BCUT2D eigenvalue weighted by Crippen LogP contribution is 2.22. The maximum absolute atomic E-state index is 11.8. The van der Waals surface area contributed by atoms with E-state index in [4.69, 9.17) is 5.73 Å². The number of urea groups is 1. The Balaban J connectivity index is 1.92. The number of thiazole rings is 1. The summed E-state index contributed by atoms with van der Waals surface area (Å²) in [5.74, 6) is 0. The smallest absolute Gasteiger partial charge is 0.321 e. The summed E-state index contributed by atoms with van der Waals surface area (Å²) < 4.78 is 1.06. The molecule has 1 aromatic heterocycles. The van der Waals surface area contributed by atoms with Crippen molar-refractivity contribution in [3.05, 3.63) is 45.4 Å². The van der Waals surface area contributed by atoms with Gasteiger partial charge in [0.15, 0.2) is 5.13 Å². The maximum Gasteiger partial charge on any atom is 0.321 e. The van der Waals surface area contributed by atoms with Gasteiger partial charge in [-0.1, -0.05) is 34.1 Å². The van der Waals surface area contributed by atoms with Crippen LogP contribution in [-0.2, 0) is 6.42 Å². The van der Waals surface area contributed by atoms with E-state index in [1.54, 1.807) is 0 Å². The van der Waals surface area contributed by atoms with Crippen molar-refractivity contribution in [3.63, 3.8) is 0 Å². The van der Waals surface area contributed by atoms with Crippen LogP contribution in [0.1, 0.15) is 25.1 Å². The van der Waals surface area contributed by atoms with Gasteiger partial charge in [-0.25, -0.2) is 9.78 Å². The highest BCUT2D eigenvalue weighted by Gasteiger charge is 2.13. The first-order valence-electron chi connectivity index (χ1n) is 6.85. The summed E-state index contributed by atoms with van der Waals surface area (Å²) in [5, 5.41) is 7.97. The minimum Gasteiger partial charge on any atom is -0.336 e. The minimum absolute atomic E-state index is 0.291. The summed E-state index contributed by atoms with van der Waals surface area (Å²) >= 11 is 4.93. The van der Waals surface area contributed by atoms with Gasteiger partial charge in [-0.2, -0.15) is 0 Å². The van der Waals surface area contributed by atoms with Crippen molar-refractivity contribution in [2.75, 3.05) is 11.9 Å². The van der Waals surface area contributed by atoms with E-state index in [9.17, 15) is 4.79 Å². The molecule has 0 fully saturated rings. The molecule has 1 aromatic carbocycles. The van der Waals surface area contributed by atoms with Crippen molar-refractivity contribution in [2.45, 2.75) is 25.8 Å². The van der Waals surface area contributed by atoms with E-state index in [1.165, 1.54) is 11.3 Å². The molecule has 2 aromatic rings. The summed E-state index contributed by atoms with van der Waals surface area (Å²) in [7, 11) is 0. The van der Waals surface area contributed by atoms with Crippen LogP contribution in [0.4, 0.5) is 9.93 Å². The zero-order valence-corrected chi connectivity index (χ0v) is 14.9. The zero-order chi connectivity index (χ0) is 16.2. The molecule has 2 rings (SSSR count). The van der Waals surface area contributed by atoms with Crippen LogP contribution in [0.15, 0.2) is 34.1 Å². The third kappa shape index (κ3) is 5.40. The lowest BCUT2D eigenvalue weighted by Gasteiger charge is -2.18. The lowest BCUT2D eigenvalue weighted by atomic mass is 10.1. The lowest BCUT2D eigenvalue weighted by Crippen LogP contribution is -2.46.